The second-order valence-corrected chi connectivity index (χ2v) is 5.24. The fourth-order valence-corrected chi connectivity index (χ4v) is 2.37. The molecule has 0 radical (unpaired) electrons. The first-order valence-electron chi connectivity index (χ1n) is 7.52. The van der Waals surface area contributed by atoms with E-state index >= 15 is 0 Å². The number of unbranched alkanes of at least 4 members (excludes halogenated alkanes) is 1. The van der Waals surface area contributed by atoms with Crippen LogP contribution in [0.15, 0.2) is 48.5 Å². The second kappa shape index (κ2) is 7.79. The molecule has 2 nitrogen and oxygen atoms in total. The van der Waals surface area contributed by atoms with Gasteiger partial charge in [-0.05, 0) is 36.2 Å². The highest BCUT2D eigenvalue weighted by Gasteiger charge is 2.10. The van der Waals surface area contributed by atoms with Crippen molar-refractivity contribution in [3.63, 3.8) is 0 Å². The standard InChI is InChI=1S/C18H23FN2/c1-2-3-11-21(17-7-5-4-6-8-17)14-16-12-15(13-20)9-10-18(16)19/h4-10,12H,2-3,11,13-14,20H2,1H3. The third-order valence-corrected chi connectivity index (χ3v) is 3.61. The number of anilines is 1. The number of hydrogen-bond donors (Lipinski definition) is 1. The summed E-state index contributed by atoms with van der Waals surface area (Å²) in [6, 6.07) is 15.3. The van der Waals surface area contributed by atoms with E-state index in [2.05, 4.69) is 24.0 Å². The van der Waals surface area contributed by atoms with Crippen LogP contribution in [-0.4, -0.2) is 6.54 Å². The van der Waals surface area contributed by atoms with Gasteiger partial charge < -0.3 is 10.6 Å². The van der Waals surface area contributed by atoms with Crippen molar-refractivity contribution >= 4 is 5.69 Å². The predicted molar refractivity (Wildman–Crippen MR) is 86.7 cm³/mol. The molecule has 0 amide bonds. The molecular formula is C18H23FN2. The van der Waals surface area contributed by atoms with Gasteiger partial charge in [0.25, 0.3) is 0 Å². The van der Waals surface area contributed by atoms with Crippen molar-refractivity contribution in [2.75, 3.05) is 11.4 Å². The van der Waals surface area contributed by atoms with Gasteiger partial charge in [-0.2, -0.15) is 0 Å². The third kappa shape index (κ3) is 4.30. The summed E-state index contributed by atoms with van der Waals surface area (Å²) in [5, 5.41) is 0. The van der Waals surface area contributed by atoms with E-state index in [0.717, 1.165) is 30.6 Å². The van der Waals surface area contributed by atoms with Crippen molar-refractivity contribution < 1.29 is 4.39 Å². The van der Waals surface area contributed by atoms with Crippen LogP contribution in [0.3, 0.4) is 0 Å². The lowest BCUT2D eigenvalue weighted by Gasteiger charge is -2.25. The maximum Gasteiger partial charge on any atom is 0.128 e. The van der Waals surface area contributed by atoms with Crippen LogP contribution in [0.25, 0.3) is 0 Å². The number of rotatable bonds is 7. The number of nitrogens with two attached hydrogens (primary N) is 1. The number of hydrogen-bond acceptors (Lipinski definition) is 2. The van der Waals surface area contributed by atoms with Crippen LogP contribution >= 0.6 is 0 Å². The van der Waals surface area contributed by atoms with Gasteiger partial charge in [0.15, 0.2) is 0 Å². The van der Waals surface area contributed by atoms with E-state index in [4.69, 9.17) is 5.73 Å². The summed E-state index contributed by atoms with van der Waals surface area (Å²) in [5.41, 5.74) is 8.46. The highest BCUT2D eigenvalue weighted by Crippen LogP contribution is 2.20. The molecule has 0 atom stereocenters. The Kier molecular flexibility index (Phi) is 5.76. The van der Waals surface area contributed by atoms with E-state index in [9.17, 15) is 4.39 Å². The van der Waals surface area contributed by atoms with Gasteiger partial charge >= 0.3 is 0 Å². The maximum absolute atomic E-state index is 14.0. The number of para-hydroxylation sites is 1. The van der Waals surface area contributed by atoms with Crippen LogP contribution in [0.1, 0.15) is 30.9 Å². The molecule has 3 heteroatoms. The van der Waals surface area contributed by atoms with E-state index in [1.165, 1.54) is 6.07 Å². The van der Waals surface area contributed by atoms with Crippen molar-refractivity contribution in [3.8, 4) is 0 Å². The average Bonchev–Trinajstić information content (AvgIpc) is 2.54. The molecule has 0 saturated carbocycles. The summed E-state index contributed by atoms with van der Waals surface area (Å²) in [6.07, 6.45) is 2.21. The molecule has 0 fully saturated rings. The Morgan fingerprint density at radius 3 is 2.52 bits per heavy atom. The summed E-state index contributed by atoms with van der Waals surface area (Å²) in [7, 11) is 0. The third-order valence-electron chi connectivity index (χ3n) is 3.61. The number of benzene rings is 2. The zero-order chi connectivity index (χ0) is 15.1. The molecule has 0 aliphatic heterocycles. The summed E-state index contributed by atoms with van der Waals surface area (Å²) >= 11 is 0. The Labute approximate surface area is 126 Å². The second-order valence-electron chi connectivity index (χ2n) is 5.24. The normalized spacial score (nSPS) is 10.6. The first kappa shape index (κ1) is 15.5. The topological polar surface area (TPSA) is 29.3 Å². The fourth-order valence-electron chi connectivity index (χ4n) is 2.37. The largest absolute Gasteiger partial charge is 0.367 e. The van der Waals surface area contributed by atoms with Gasteiger partial charge in [-0.3, -0.25) is 0 Å². The number of nitrogens with zero attached hydrogens (tertiary/aromatic N) is 1. The molecule has 0 saturated heterocycles. The van der Waals surface area contributed by atoms with Crippen molar-refractivity contribution in [3.05, 3.63) is 65.5 Å². The molecule has 2 N–H and O–H groups in total. The Morgan fingerprint density at radius 1 is 1.10 bits per heavy atom. The van der Waals surface area contributed by atoms with E-state index in [1.807, 2.05) is 24.3 Å². The van der Waals surface area contributed by atoms with Crippen LogP contribution in [-0.2, 0) is 13.1 Å². The predicted octanol–water partition coefficient (Wildman–Crippen LogP) is 4.09. The molecule has 21 heavy (non-hydrogen) atoms. The van der Waals surface area contributed by atoms with Crippen molar-refractivity contribution in [1.29, 1.82) is 0 Å². The van der Waals surface area contributed by atoms with Crippen molar-refractivity contribution in [1.82, 2.24) is 0 Å². The minimum absolute atomic E-state index is 0.162. The molecule has 0 unspecified atom stereocenters. The van der Waals surface area contributed by atoms with Gasteiger partial charge in [-0.15, -0.1) is 0 Å². The zero-order valence-electron chi connectivity index (χ0n) is 12.6. The quantitative estimate of drug-likeness (QED) is 0.830. The molecular weight excluding hydrogens is 263 g/mol. The SMILES string of the molecule is CCCCN(Cc1cc(CN)ccc1F)c1ccccc1. The number of halogens is 1. The molecule has 2 aromatic carbocycles. The minimum Gasteiger partial charge on any atom is -0.367 e. The smallest absolute Gasteiger partial charge is 0.128 e. The fraction of sp³-hybridized carbons (Fsp3) is 0.333. The molecule has 2 rings (SSSR count). The van der Waals surface area contributed by atoms with Crippen LogP contribution in [0, 0.1) is 5.82 Å². The molecule has 0 bridgehead atoms. The van der Waals surface area contributed by atoms with Gasteiger partial charge in [-0.1, -0.05) is 37.6 Å². The highest BCUT2D eigenvalue weighted by molar-refractivity contribution is 5.47. The Hall–Kier alpha value is -1.87. The molecule has 0 heterocycles. The van der Waals surface area contributed by atoms with Gasteiger partial charge in [0.2, 0.25) is 0 Å². The van der Waals surface area contributed by atoms with Crippen LogP contribution in [0.5, 0.6) is 0 Å². The Morgan fingerprint density at radius 2 is 1.86 bits per heavy atom. The van der Waals surface area contributed by atoms with Gasteiger partial charge in [0.1, 0.15) is 5.82 Å². The molecule has 112 valence electrons. The van der Waals surface area contributed by atoms with Crippen LogP contribution in [0.4, 0.5) is 10.1 Å². The highest BCUT2D eigenvalue weighted by atomic mass is 19.1. The summed E-state index contributed by atoms with van der Waals surface area (Å²) in [4.78, 5) is 2.22. The van der Waals surface area contributed by atoms with Gasteiger partial charge in [-0.25, -0.2) is 4.39 Å². The lowest BCUT2D eigenvalue weighted by Crippen LogP contribution is -2.24. The minimum atomic E-state index is -0.162. The first-order valence-corrected chi connectivity index (χ1v) is 7.52. The van der Waals surface area contributed by atoms with E-state index in [0.29, 0.717) is 18.7 Å². The summed E-state index contributed by atoms with van der Waals surface area (Å²) in [5.74, 6) is -0.162. The lowest BCUT2D eigenvalue weighted by molar-refractivity contribution is 0.600. The van der Waals surface area contributed by atoms with Crippen LogP contribution in [0.2, 0.25) is 0 Å². The van der Waals surface area contributed by atoms with Gasteiger partial charge in [0.05, 0.1) is 0 Å². The Balaban J connectivity index is 2.22. The zero-order valence-corrected chi connectivity index (χ0v) is 12.6. The van der Waals surface area contributed by atoms with Crippen molar-refractivity contribution in [2.45, 2.75) is 32.9 Å². The van der Waals surface area contributed by atoms with E-state index < -0.39 is 0 Å². The monoisotopic (exact) mass is 286 g/mol. The lowest BCUT2D eigenvalue weighted by atomic mass is 10.1. The average molecular weight is 286 g/mol. The summed E-state index contributed by atoms with van der Waals surface area (Å²) in [6.45, 7) is 4.10. The summed E-state index contributed by atoms with van der Waals surface area (Å²) < 4.78 is 14.0. The van der Waals surface area contributed by atoms with E-state index in [-0.39, 0.29) is 5.82 Å². The van der Waals surface area contributed by atoms with Crippen LogP contribution < -0.4 is 10.6 Å². The molecule has 0 aliphatic rings. The van der Waals surface area contributed by atoms with E-state index in [1.54, 1.807) is 6.07 Å². The van der Waals surface area contributed by atoms with Crippen molar-refractivity contribution in [2.24, 2.45) is 5.73 Å². The Bertz CT molecular complexity index is 554. The van der Waals surface area contributed by atoms with Gasteiger partial charge in [0, 0.05) is 30.9 Å². The maximum atomic E-state index is 14.0. The molecule has 0 aromatic heterocycles. The molecule has 0 spiro atoms. The first-order chi connectivity index (χ1) is 10.2. The molecule has 2 aromatic rings. The molecule has 0 aliphatic carbocycles.